The third kappa shape index (κ3) is 23.7. The van der Waals surface area contributed by atoms with E-state index in [-0.39, 0.29) is 32.0 Å². The van der Waals surface area contributed by atoms with E-state index in [4.69, 9.17) is 23.7 Å². The van der Waals surface area contributed by atoms with Gasteiger partial charge < -0.3 is 23.7 Å². The maximum absolute atomic E-state index is 13.6. The van der Waals surface area contributed by atoms with Crippen molar-refractivity contribution in [1.82, 2.24) is 4.90 Å². The number of likely N-dealkylation sites (tertiary alicyclic amines) is 1. The molecule has 0 spiro atoms. The highest BCUT2D eigenvalue weighted by molar-refractivity contribution is 5.85. The maximum atomic E-state index is 13.6. The third-order valence-corrected chi connectivity index (χ3v) is 10.6. The van der Waals surface area contributed by atoms with Crippen LogP contribution in [0.2, 0.25) is 0 Å². The number of esters is 3. The first-order valence-electron chi connectivity index (χ1n) is 22.3. The van der Waals surface area contributed by atoms with Crippen LogP contribution in [0.4, 0.5) is 0 Å². The van der Waals surface area contributed by atoms with Gasteiger partial charge in [0.2, 0.25) is 5.60 Å². The van der Waals surface area contributed by atoms with Crippen LogP contribution < -0.4 is 0 Å². The number of likely N-dealkylation sites (N-methyl/N-ethyl adjacent to an activating group) is 1. The summed E-state index contributed by atoms with van der Waals surface area (Å²) in [5, 5.41) is 0. The standard InChI is InChI=1S/C44H83NO8/c1-6-10-13-16-19-20-21-22-23-24-27-30-40(46)52-38-39-44(33-34-45(39)5,43(48)51-35-9-4)53-41(47)31-32-42(49-36-28-25-17-14-11-7-2)50-37-29-26-18-15-12-8-3/h39,42H,6-38H2,1-5H3. The first kappa shape index (κ1) is 49.3. The molecule has 0 aromatic heterocycles. The molecule has 2 atom stereocenters. The molecule has 0 saturated carbocycles. The zero-order chi connectivity index (χ0) is 38.8. The first-order chi connectivity index (χ1) is 25.8. The van der Waals surface area contributed by atoms with Gasteiger partial charge >= 0.3 is 17.9 Å². The van der Waals surface area contributed by atoms with Gasteiger partial charge in [0.15, 0.2) is 6.29 Å². The second-order valence-electron chi connectivity index (χ2n) is 15.5. The lowest BCUT2D eigenvalue weighted by atomic mass is 9.94. The van der Waals surface area contributed by atoms with Gasteiger partial charge in [-0.1, -0.05) is 156 Å². The van der Waals surface area contributed by atoms with Crippen LogP contribution in [0.25, 0.3) is 0 Å². The zero-order valence-electron chi connectivity index (χ0n) is 35.2. The molecule has 1 fully saturated rings. The van der Waals surface area contributed by atoms with Crippen molar-refractivity contribution in [2.75, 3.05) is 40.0 Å². The Balaban J connectivity index is 2.69. The minimum absolute atomic E-state index is 0.0345. The van der Waals surface area contributed by atoms with E-state index in [1.54, 1.807) is 0 Å². The Morgan fingerprint density at radius 3 is 1.53 bits per heavy atom. The molecule has 0 bridgehead atoms. The number of rotatable bonds is 37. The van der Waals surface area contributed by atoms with Gasteiger partial charge in [0.25, 0.3) is 0 Å². The molecule has 0 aliphatic carbocycles. The molecule has 1 aliphatic heterocycles. The predicted octanol–water partition coefficient (Wildman–Crippen LogP) is 11.0. The van der Waals surface area contributed by atoms with E-state index in [9.17, 15) is 14.4 Å². The predicted molar refractivity (Wildman–Crippen MR) is 215 cm³/mol. The average molecular weight is 754 g/mol. The summed E-state index contributed by atoms with van der Waals surface area (Å²) in [5.41, 5.74) is -1.54. The molecular weight excluding hydrogens is 670 g/mol. The number of hydrogen-bond acceptors (Lipinski definition) is 9. The number of unbranched alkanes of at least 4 members (excludes halogenated alkanes) is 20. The van der Waals surface area contributed by atoms with Crippen molar-refractivity contribution < 1.29 is 38.1 Å². The molecule has 53 heavy (non-hydrogen) atoms. The van der Waals surface area contributed by atoms with Gasteiger partial charge in [-0.25, -0.2) is 4.79 Å². The van der Waals surface area contributed by atoms with Crippen molar-refractivity contribution in [3.05, 3.63) is 0 Å². The van der Waals surface area contributed by atoms with E-state index in [1.807, 2.05) is 18.9 Å². The zero-order valence-corrected chi connectivity index (χ0v) is 35.2. The van der Waals surface area contributed by atoms with Crippen LogP contribution in [0.5, 0.6) is 0 Å². The van der Waals surface area contributed by atoms with Crippen molar-refractivity contribution in [3.8, 4) is 0 Å². The number of carbonyl (C=O) groups is 3. The topological polar surface area (TPSA) is 101 Å². The highest BCUT2D eigenvalue weighted by Gasteiger charge is 2.57. The van der Waals surface area contributed by atoms with Crippen LogP contribution in [0.15, 0.2) is 0 Å². The van der Waals surface area contributed by atoms with Crippen LogP contribution >= 0.6 is 0 Å². The molecule has 9 nitrogen and oxygen atoms in total. The van der Waals surface area contributed by atoms with Crippen LogP contribution in [0.1, 0.15) is 207 Å². The van der Waals surface area contributed by atoms with E-state index in [0.29, 0.717) is 39.0 Å². The van der Waals surface area contributed by atoms with E-state index >= 15 is 0 Å². The molecule has 2 unspecified atom stereocenters. The van der Waals surface area contributed by atoms with E-state index in [0.717, 1.165) is 44.9 Å². The SMILES string of the molecule is CCCCCCCCCCCCCC(=O)OCC1N(C)CCC1(OC(=O)CCC(OCCCCCCCC)OCCCCCCCC)C(=O)OCCC. The van der Waals surface area contributed by atoms with Gasteiger partial charge in [-0.05, 0) is 32.7 Å². The fraction of sp³-hybridized carbons (Fsp3) is 0.932. The summed E-state index contributed by atoms with van der Waals surface area (Å²) in [6.07, 6.45) is 28.5. The quantitative estimate of drug-likeness (QED) is 0.0265. The molecule has 0 N–H and O–H groups in total. The van der Waals surface area contributed by atoms with Gasteiger partial charge in [-0.2, -0.15) is 0 Å². The fourth-order valence-corrected chi connectivity index (χ4v) is 7.08. The Kier molecular flexibility index (Phi) is 31.3. The molecule has 1 heterocycles. The third-order valence-electron chi connectivity index (χ3n) is 10.6. The summed E-state index contributed by atoms with van der Waals surface area (Å²) < 4.78 is 29.7. The van der Waals surface area contributed by atoms with Crippen molar-refractivity contribution in [2.45, 2.75) is 225 Å². The van der Waals surface area contributed by atoms with Crippen LogP contribution in [-0.2, 0) is 38.1 Å². The van der Waals surface area contributed by atoms with Gasteiger partial charge in [0, 0.05) is 39.0 Å². The molecule has 1 rings (SSSR count). The molecule has 1 aliphatic rings. The van der Waals surface area contributed by atoms with Gasteiger partial charge in [-0.3, -0.25) is 14.5 Å². The summed E-state index contributed by atoms with van der Waals surface area (Å²) in [6.45, 7) is 10.5. The number of carbonyl (C=O) groups excluding carboxylic acids is 3. The van der Waals surface area contributed by atoms with Crippen molar-refractivity contribution in [2.24, 2.45) is 0 Å². The highest BCUT2D eigenvalue weighted by Crippen LogP contribution is 2.34. The van der Waals surface area contributed by atoms with Crippen molar-refractivity contribution in [3.63, 3.8) is 0 Å². The Hall–Kier alpha value is -1.71. The largest absolute Gasteiger partial charge is 0.464 e. The minimum atomic E-state index is -1.54. The highest BCUT2D eigenvalue weighted by atomic mass is 16.7. The van der Waals surface area contributed by atoms with Crippen molar-refractivity contribution >= 4 is 17.9 Å². The van der Waals surface area contributed by atoms with Crippen LogP contribution in [0, 0.1) is 0 Å². The number of nitrogens with zero attached hydrogens (tertiary/aromatic N) is 1. The fourth-order valence-electron chi connectivity index (χ4n) is 7.08. The molecule has 1 saturated heterocycles. The second-order valence-corrected chi connectivity index (χ2v) is 15.5. The van der Waals surface area contributed by atoms with E-state index in [1.165, 1.54) is 103 Å². The summed E-state index contributed by atoms with van der Waals surface area (Å²) in [6, 6.07) is -0.624. The summed E-state index contributed by atoms with van der Waals surface area (Å²) in [7, 11) is 1.87. The molecule has 9 heteroatoms. The summed E-state index contributed by atoms with van der Waals surface area (Å²) in [5.74, 6) is -1.35. The van der Waals surface area contributed by atoms with E-state index in [2.05, 4.69) is 20.8 Å². The molecule has 0 amide bonds. The lowest BCUT2D eigenvalue weighted by Crippen LogP contribution is -2.55. The van der Waals surface area contributed by atoms with Gasteiger partial charge in [0.1, 0.15) is 6.61 Å². The van der Waals surface area contributed by atoms with Gasteiger partial charge in [0.05, 0.1) is 19.1 Å². The molecular formula is C44H83NO8. The average Bonchev–Trinajstić information content (AvgIpc) is 3.47. The minimum Gasteiger partial charge on any atom is -0.464 e. The van der Waals surface area contributed by atoms with Crippen LogP contribution in [0.3, 0.4) is 0 Å². The van der Waals surface area contributed by atoms with Crippen molar-refractivity contribution in [1.29, 1.82) is 0 Å². The van der Waals surface area contributed by atoms with E-state index < -0.39 is 29.9 Å². The van der Waals surface area contributed by atoms with Gasteiger partial charge in [-0.15, -0.1) is 0 Å². The Morgan fingerprint density at radius 2 is 1.04 bits per heavy atom. The normalized spacial score (nSPS) is 17.4. The smallest absolute Gasteiger partial charge is 0.352 e. The molecule has 0 aromatic carbocycles. The number of ether oxygens (including phenoxy) is 5. The molecule has 312 valence electrons. The monoisotopic (exact) mass is 754 g/mol. The lowest BCUT2D eigenvalue weighted by Gasteiger charge is -2.34. The maximum Gasteiger partial charge on any atom is 0.352 e. The Bertz CT molecular complexity index is 883. The van der Waals surface area contributed by atoms with Crippen LogP contribution in [-0.4, -0.2) is 80.8 Å². The lowest BCUT2D eigenvalue weighted by molar-refractivity contribution is -0.191. The summed E-state index contributed by atoms with van der Waals surface area (Å²) >= 11 is 0. The number of hydrogen-bond donors (Lipinski definition) is 0. The molecule has 0 aromatic rings. The summed E-state index contributed by atoms with van der Waals surface area (Å²) in [4.78, 5) is 41.8. The Morgan fingerprint density at radius 1 is 0.566 bits per heavy atom. The second kappa shape index (κ2) is 33.6. The Labute approximate surface area is 325 Å². The molecule has 0 radical (unpaired) electrons. The first-order valence-corrected chi connectivity index (χ1v) is 22.3.